The van der Waals surface area contributed by atoms with Crippen LogP contribution < -0.4 is 5.32 Å². The zero-order chi connectivity index (χ0) is 13.6. The van der Waals surface area contributed by atoms with E-state index in [0.29, 0.717) is 6.04 Å². The Balaban J connectivity index is 2.44. The summed E-state index contributed by atoms with van der Waals surface area (Å²) in [5.74, 6) is 0. The maximum atomic E-state index is 3.54. The molecule has 1 heteroatoms. The summed E-state index contributed by atoms with van der Waals surface area (Å²) >= 11 is 0. The second-order valence-electron chi connectivity index (χ2n) is 6.34. The highest BCUT2D eigenvalue weighted by Crippen LogP contribution is 2.22. The van der Waals surface area contributed by atoms with Crippen molar-refractivity contribution in [2.45, 2.75) is 65.3 Å². The van der Waals surface area contributed by atoms with Crippen LogP contribution in [0.3, 0.4) is 0 Å². The third kappa shape index (κ3) is 5.22. The van der Waals surface area contributed by atoms with Crippen molar-refractivity contribution < 1.29 is 0 Å². The Labute approximate surface area is 113 Å². The molecule has 0 saturated heterocycles. The zero-order valence-corrected chi connectivity index (χ0v) is 12.7. The van der Waals surface area contributed by atoms with Crippen molar-refractivity contribution in [2.75, 3.05) is 6.54 Å². The highest BCUT2D eigenvalue weighted by molar-refractivity contribution is 5.27. The molecule has 18 heavy (non-hydrogen) atoms. The van der Waals surface area contributed by atoms with Crippen molar-refractivity contribution in [3.8, 4) is 0 Å². The average molecular weight is 247 g/mol. The third-order valence-electron chi connectivity index (χ3n) is 3.43. The molecule has 1 unspecified atom stereocenters. The molecule has 0 radical (unpaired) electrons. The number of aryl methyl sites for hydroxylation is 1. The maximum Gasteiger partial charge on any atom is 0.00418 e. The summed E-state index contributed by atoms with van der Waals surface area (Å²) in [6, 6.07) is 9.74. The first-order chi connectivity index (χ1) is 8.43. The molecule has 1 aromatic carbocycles. The van der Waals surface area contributed by atoms with E-state index < -0.39 is 0 Å². The Morgan fingerprint density at radius 2 is 1.72 bits per heavy atom. The SMILES string of the molecule is CCCNC(C)CCc1ccc(C(C)(C)C)cc1. The molecule has 1 rings (SSSR count). The molecule has 102 valence electrons. The molecule has 0 aliphatic carbocycles. The van der Waals surface area contributed by atoms with E-state index >= 15 is 0 Å². The first-order valence-corrected chi connectivity index (χ1v) is 7.26. The normalized spacial score (nSPS) is 13.6. The fourth-order valence-corrected chi connectivity index (χ4v) is 2.05. The number of benzene rings is 1. The van der Waals surface area contributed by atoms with Crippen LogP contribution in [-0.2, 0) is 11.8 Å². The summed E-state index contributed by atoms with van der Waals surface area (Å²) in [5.41, 5.74) is 3.13. The van der Waals surface area contributed by atoms with Gasteiger partial charge in [-0.2, -0.15) is 0 Å². The van der Waals surface area contributed by atoms with Gasteiger partial charge >= 0.3 is 0 Å². The van der Waals surface area contributed by atoms with Gasteiger partial charge < -0.3 is 5.32 Å². The zero-order valence-electron chi connectivity index (χ0n) is 12.7. The standard InChI is InChI=1S/C17H29N/c1-6-13-18-14(2)7-8-15-9-11-16(12-10-15)17(3,4)5/h9-12,14,18H,6-8,13H2,1-5H3. The molecule has 1 aromatic rings. The number of hydrogen-bond donors (Lipinski definition) is 1. The molecule has 1 atom stereocenters. The predicted molar refractivity (Wildman–Crippen MR) is 81.2 cm³/mol. The molecule has 0 saturated carbocycles. The van der Waals surface area contributed by atoms with Gasteiger partial charge in [0.2, 0.25) is 0 Å². The van der Waals surface area contributed by atoms with Gasteiger partial charge in [-0.25, -0.2) is 0 Å². The summed E-state index contributed by atoms with van der Waals surface area (Å²) in [4.78, 5) is 0. The van der Waals surface area contributed by atoms with Crippen LogP contribution in [-0.4, -0.2) is 12.6 Å². The smallest absolute Gasteiger partial charge is 0.00418 e. The minimum atomic E-state index is 0.258. The molecule has 0 fully saturated rings. The van der Waals surface area contributed by atoms with Crippen LogP contribution in [0.5, 0.6) is 0 Å². The number of nitrogens with one attached hydrogen (secondary N) is 1. The first-order valence-electron chi connectivity index (χ1n) is 7.26. The largest absolute Gasteiger partial charge is 0.314 e. The van der Waals surface area contributed by atoms with E-state index in [4.69, 9.17) is 0 Å². The molecule has 0 aliphatic rings. The second-order valence-corrected chi connectivity index (χ2v) is 6.34. The molecule has 0 aromatic heterocycles. The van der Waals surface area contributed by atoms with E-state index in [0.717, 1.165) is 6.54 Å². The first kappa shape index (κ1) is 15.2. The van der Waals surface area contributed by atoms with Gasteiger partial charge in [0.15, 0.2) is 0 Å². The average Bonchev–Trinajstić information content (AvgIpc) is 2.33. The molecule has 0 aliphatic heterocycles. The number of rotatable bonds is 6. The minimum absolute atomic E-state index is 0.258. The van der Waals surface area contributed by atoms with Crippen molar-refractivity contribution in [1.82, 2.24) is 5.32 Å². The van der Waals surface area contributed by atoms with Gasteiger partial charge in [-0.1, -0.05) is 52.0 Å². The van der Waals surface area contributed by atoms with E-state index in [2.05, 4.69) is 64.2 Å². The molecular weight excluding hydrogens is 218 g/mol. The Morgan fingerprint density at radius 1 is 1.11 bits per heavy atom. The lowest BCUT2D eigenvalue weighted by atomic mass is 9.86. The Hall–Kier alpha value is -0.820. The fraction of sp³-hybridized carbons (Fsp3) is 0.647. The van der Waals surface area contributed by atoms with Crippen molar-refractivity contribution in [3.63, 3.8) is 0 Å². The summed E-state index contributed by atoms with van der Waals surface area (Å²) < 4.78 is 0. The Morgan fingerprint density at radius 3 is 2.22 bits per heavy atom. The van der Waals surface area contributed by atoms with Crippen molar-refractivity contribution >= 4 is 0 Å². The van der Waals surface area contributed by atoms with Crippen LogP contribution in [0, 0.1) is 0 Å². The van der Waals surface area contributed by atoms with E-state index in [9.17, 15) is 0 Å². The second kappa shape index (κ2) is 6.94. The maximum absolute atomic E-state index is 3.54. The highest BCUT2D eigenvalue weighted by Gasteiger charge is 2.12. The van der Waals surface area contributed by atoms with Crippen LogP contribution >= 0.6 is 0 Å². The summed E-state index contributed by atoms with van der Waals surface area (Å²) in [5, 5.41) is 3.54. The molecule has 0 bridgehead atoms. The van der Waals surface area contributed by atoms with Gasteiger partial charge in [0.25, 0.3) is 0 Å². The van der Waals surface area contributed by atoms with Gasteiger partial charge in [-0.15, -0.1) is 0 Å². The van der Waals surface area contributed by atoms with Crippen LogP contribution in [0.2, 0.25) is 0 Å². The van der Waals surface area contributed by atoms with Gasteiger partial charge in [0.05, 0.1) is 0 Å². The molecule has 1 N–H and O–H groups in total. The van der Waals surface area contributed by atoms with Crippen molar-refractivity contribution in [3.05, 3.63) is 35.4 Å². The van der Waals surface area contributed by atoms with Crippen molar-refractivity contribution in [1.29, 1.82) is 0 Å². The lowest BCUT2D eigenvalue weighted by Gasteiger charge is -2.19. The fourth-order valence-electron chi connectivity index (χ4n) is 2.05. The highest BCUT2D eigenvalue weighted by atomic mass is 14.9. The monoisotopic (exact) mass is 247 g/mol. The predicted octanol–water partition coefficient (Wildman–Crippen LogP) is 4.30. The van der Waals surface area contributed by atoms with Gasteiger partial charge in [0, 0.05) is 6.04 Å². The van der Waals surface area contributed by atoms with E-state index in [-0.39, 0.29) is 5.41 Å². The Bertz CT molecular complexity index is 332. The van der Waals surface area contributed by atoms with E-state index in [1.54, 1.807) is 0 Å². The van der Waals surface area contributed by atoms with Gasteiger partial charge in [0.1, 0.15) is 0 Å². The molecule has 1 nitrogen and oxygen atoms in total. The Kier molecular flexibility index (Phi) is 5.87. The van der Waals surface area contributed by atoms with Gasteiger partial charge in [-0.05, 0) is 49.3 Å². The number of hydrogen-bond acceptors (Lipinski definition) is 1. The molecule has 0 amide bonds. The van der Waals surface area contributed by atoms with E-state index in [1.165, 1.54) is 30.4 Å². The van der Waals surface area contributed by atoms with Gasteiger partial charge in [-0.3, -0.25) is 0 Å². The van der Waals surface area contributed by atoms with Crippen LogP contribution in [0.25, 0.3) is 0 Å². The summed E-state index contributed by atoms with van der Waals surface area (Å²) in [6.45, 7) is 12.4. The quantitative estimate of drug-likeness (QED) is 0.790. The summed E-state index contributed by atoms with van der Waals surface area (Å²) in [6.07, 6.45) is 3.60. The lowest BCUT2D eigenvalue weighted by molar-refractivity contribution is 0.513. The molecular formula is C17H29N. The summed E-state index contributed by atoms with van der Waals surface area (Å²) in [7, 11) is 0. The van der Waals surface area contributed by atoms with Crippen LogP contribution in [0.4, 0.5) is 0 Å². The lowest BCUT2D eigenvalue weighted by Crippen LogP contribution is -2.27. The molecule has 0 spiro atoms. The van der Waals surface area contributed by atoms with Crippen LogP contribution in [0.15, 0.2) is 24.3 Å². The topological polar surface area (TPSA) is 12.0 Å². The van der Waals surface area contributed by atoms with Crippen LogP contribution in [0.1, 0.15) is 58.6 Å². The molecule has 0 heterocycles. The van der Waals surface area contributed by atoms with Crippen molar-refractivity contribution in [2.24, 2.45) is 0 Å². The minimum Gasteiger partial charge on any atom is -0.314 e. The third-order valence-corrected chi connectivity index (χ3v) is 3.43. The van der Waals surface area contributed by atoms with E-state index in [1.807, 2.05) is 0 Å².